The van der Waals surface area contributed by atoms with E-state index in [9.17, 15) is 14.3 Å². The van der Waals surface area contributed by atoms with Crippen molar-refractivity contribution in [1.82, 2.24) is 0 Å². The third kappa shape index (κ3) is 2.14. The Hall–Kier alpha value is -2.76. The van der Waals surface area contributed by atoms with E-state index in [0.717, 1.165) is 0 Å². The fourth-order valence-electron chi connectivity index (χ4n) is 2.26. The molecule has 2 aromatic rings. The Morgan fingerprint density at radius 1 is 1.29 bits per heavy atom. The highest BCUT2D eigenvalue weighted by Gasteiger charge is 2.22. The maximum Gasteiger partial charge on any atom is 0.231 e. The Morgan fingerprint density at radius 3 is 2.71 bits per heavy atom. The highest BCUT2D eigenvalue weighted by atomic mass is 19.1. The van der Waals surface area contributed by atoms with Gasteiger partial charge in [-0.25, -0.2) is 4.39 Å². The van der Waals surface area contributed by atoms with Gasteiger partial charge in [0.05, 0.1) is 5.69 Å². The van der Waals surface area contributed by atoms with Gasteiger partial charge in [0.15, 0.2) is 11.5 Å². The van der Waals surface area contributed by atoms with Gasteiger partial charge in [-0.3, -0.25) is 4.79 Å². The highest BCUT2D eigenvalue weighted by Crippen LogP contribution is 2.45. The normalized spacial score (nSPS) is 12.3. The number of rotatable bonds is 3. The van der Waals surface area contributed by atoms with Crippen LogP contribution in [-0.4, -0.2) is 25.4 Å². The summed E-state index contributed by atoms with van der Waals surface area (Å²) in [4.78, 5) is 12.2. The SMILES string of the molecule is CN(C=O)c1cccc(F)c1-c1cc2c(cc1O)OCO2. The Balaban J connectivity index is 2.23. The minimum atomic E-state index is -0.546. The zero-order valence-electron chi connectivity index (χ0n) is 11.2. The molecule has 0 unspecified atom stereocenters. The molecule has 0 saturated carbocycles. The molecule has 0 atom stereocenters. The van der Waals surface area contributed by atoms with E-state index in [2.05, 4.69) is 0 Å². The molecule has 0 radical (unpaired) electrons. The molecular weight excluding hydrogens is 277 g/mol. The van der Waals surface area contributed by atoms with Crippen molar-refractivity contribution in [2.75, 3.05) is 18.7 Å². The minimum absolute atomic E-state index is 0.0522. The lowest BCUT2D eigenvalue weighted by atomic mass is 10.0. The molecule has 0 fully saturated rings. The molecule has 0 spiro atoms. The van der Waals surface area contributed by atoms with Crippen LogP contribution in [0, 0.1) is 5.82 Å². The Kier molecular flexibility index (Phi) is 3.13. The number of phenols is 1. The van der Waals surface area contributed by atoms with Gasteiger partial charge >= 0.3 is 0 Å². The summed E-state index contributed by atoms with van der Waals surface area (Å²) in [6, 6.07) is 7.23. The lowest BCUT2D eigenvalue weighted by Gasteiger charge is -2.17. The molecule has 108 valence electrons. The number of phenolic OH excluding ortho intramolecular Hbond substituents is 1. The van der Waals surface area contributed by atoms with Crippen molar-refractivity contribution in [3.63, 3.8) is 0 Å². The Morgan fingerprint density at radius 2 is 2.00 bits per heavy atom. The summed E-state index contributed by atoms with van der Waals surface area (Å²) in [5.41, 5.74) is 0.711. The van der Waals surface area contributed by atoms with Crippen molar-refractivity contribution in [3.05, 3.63) is 36.1 Å². The summed E-state index contributed by atoms with van der Waals surface area (Å²) in [7, 11) is 1.51. The van der Waals surface area contributed by atoms with E-state index in [4.69, 9.17) is 9.47 Å². The largest absolute Gasteiger partial charge is 0.507 e. The van der Waals surface area contributed by atoms with Crippen molar-refractivity contribution in [1.29, 1.82) is 0 Å². The number of anilines is 1. The molecule has 1 aliphatic heterocycles. The van der Waals surface area contributed by atoms with E-state index in [0.29, 0.717) is 23.6 Å². The Labute approximate surface area is 120 Å². The summed E-state index contributed by atoms with van der Waals surface area (Å²) < 4.78 is 24.6. The zero-order chi connectivity index (χ0) is 15.0. The predicted octanol–water partition coefficient (Wildman–Crippen LogP) is 2.52. The fraction of sp³-hybridized carbons (Fsp3) is 0.133. The summed E-state index contributed by atoms with van der Waals surface area (Å²) in [6.45, 7) is 0.0522. The van der Waals surface area contributed by atoms with Crippen LogP contribution in [0.4, 0.5) is 10.1 Å². The van der Waals surface area contributed by atoms with E-state index in [1.54, 1.807) is 6.07 Å². The molecule has 1 heterocycles. The monoisotopic (exact) mass is 289 g/mol. The van der Waals surface area contributed by atoms with Crippen LogP contribution in [0.3, 0.4) is 0 Å². The number of amides is 1. The number of halogens is 1. The summed E-state index contributed by atoms with van der Waals surface area (Å²) in [6.07, 6.45) is 0.572. The molecule has 1 amide bonds. The Bertz CT molecular complexity index is 717. The van der Waals surface area contributed by atoms with E-state index in [-0.39, 0.29) is 23.7 Å². The van der Waals surface area contributed by atoms with Gasteiger partial charge in [-0.2, -0.15) is 0 Å². The smallest absolute Gasteiger partial charge is 0.231 e. The summed E-state index contributed by atoms with van der Waals surface area (Å²) in [5, 5.41) is 10.1. The first-order valence-electron chi connectivity index (χ1n) is 6.21. The average Bonchev–Trinajstić information content (AvgIpc) is 2.92. The van der Waals surface area contributed by atoms with Crippen molar-refractivity contribution >= 4 is 12.1 Å². The van der Waals surface area contributed by atoms with Gasteiger partial charge in [-0.15, -0.1) is 0 Å². The fourth-order valence-corrected chi connectivity index (χ4v) is 2.26. The standard InChI is InChI=1S/C15H12FNO4/c1-17(7-18)11-4-2-3-10(16)15(11)9-5-13-14(6-12(9)19)21-8-20-13/h2-7,19H,8H2,1H3. The first-order chi connectivity index (χ1) is 10.1. The third-order valence-corrected chi connectivity index (χ3v) is 3.29. The van der Waals surface area contributed by atoms with Gasteiger partial charge in [0, 0.05) is 24.2 Å². The summed E-state index contributed by atoms with van der Waals surface area (Å²) >= 11 is 0. The number of aromatic hydroxyl groups is 1. The van der Waals surface area contributed by atoms with Crippen LogP contribution in [0.5, 0.6) is 17.2 Å². The van der Waals surface area contributed by atoms with Crippen LogP contribution in [0.1, 0.15) is 0 Å². The summed E-state index contributed by atoms with van der Waals surface area (Å²) in [5.74, 6) is 0.129. The van der Waals surface area contributed by atoms with Gasteiger partial charge in [-0.1, -0.05) is 6.07 Å². The van der Waals surface area contributed by atoms with Gasteiger partial charge < -0.3 is 19.5 Å². The van der Waals surface area contributed by atoms with Crippen LogP contribution in [0.25, 0.3) is 11.1 Å². The van der Waals surface area contributed by atoms with E-state index < -0.39 is 5.82 Å². The molecule has 2 aromatic carbocycles. The lowest BCUT2D eigenvalue weighted by molar-refractivity contribution is -0.107. The van der Waals surface area contributed by atoms with E-state index in [1.807, 2.05) is 0 Å². The van der Waals surface area contributed by atoms with Crippen LogP contribution >= 0.6 is 0 Å². The van der Waals surface area contributed by atoms with E-state index >= 15 is 0 Å². The topological polar surface area (TPSA) is 59.0 Å². The van der Waals surface area contributed by atoms with Crippen LogP contribution in [-0.2, 0) is 4.79 Å². The number of hydrogen-bond donors (Lipinski definition) is 1. The second kappa shape index (κ2) is 4.97. The van der Waals surface area contributed by atoms with Gasteiger partial charge in [0.2, 0.25) is 13.2 Å². The van der Waals surface area contributed by atoms with Crippen molar-refractivity contribution in [2.45, 2.75) is 0 Å². The number of ether oxygens (including phenoxy) is 2. The quantitative estimate of drug-likeness (QED) is 0.882. The zero-order valence-corrected chi connectivity index (χ0v) is 11.2. The molecule has 0 aliphatic carbocycles. The molecular formula is C15H12FNO4. The molecule has 3 rings (SSSR count). The maximum atomic E-state index is 14.2. The lowest BCUT2D eigenvalue weighted by Crippen LogP contribution is -2.15. The number of nitrogens with zero attached hydrogens (tertiary/aromatic N) is 1. The van der Waals surface area contributed by atoms with Gasteiger partial charge in [-0.05, 0) is 18.2 Å². The molecule has 0 bridgehead atoms. The predicted molar refractivity (Wildman–Crippen MR) is 74.1 cm³/mol. The van der Waals surface area contributed by atoms with Crippen molar-refractivity contribution < 1.29 is 23.8 Å². The number of fused-ring (bicyclic) bond motifs is 1. The number of carbonyl (C=O) groups excluding carboxylic acids is 1. The van der Waals surface area contributed by atoms with Crippen molar-refractivity contribution in [2.24, 2.45) is 0 Å². The molecule has 21 heavy (non-hydrogen) atoms. The highest BCUT2D eigenvalue weighted by molar-refractivity contribution is 5.89. The number of hydrogen-bond acceptors (Lipinski definition) is 4. The minimum Gasteiger partial charge on any atom is -0.507 e. The third-order valence-electron chi connectivity index (χ3n) is 3.29. The van der Waals surface area contributed by atoms with E-state index in [1.165, 1.54) is 36.2 Å². The average molecular weight is 289 g/mol. The molecule has 0 aromatic heterocycles. The molecule has 5 nitrogen and oxygen atoms in total. The second-order valence-corrected chi connectivity index (χ2v) is 4.57. The number of carbonyl (C=O) groups is 1. The molecule has 1 N–H and O–H groups in total. The first-order valence-corrected chi connectivity index (χ1v) is 6.21. The first kappa shape index (κ1) is 13.2. The van der Waals surface area contributed by atoms with Crippen LogP contribution in [0.2, 0.25) is 0 Å². The van der Waals surface area contributed by atoms with Gasteiger partial charge in [0.25, 0.3) is 0 Å². The van der Waals surface area contributed by atoms with Crippen molar-refractivity contribution in [3.8, 4) is 28.4 Å². The second-order valence-electron chi connectivity index (χ2n) is 4.57. The molecule has 1 aliphatic rings. The van der Waals surface area contributed by atoms with Crippen LogP contribution in [0.15, 0.2) is 30.3 Å². The maximum absolute atomic E-state index is 14.2. The van der Waals surface area contributed by atoms with Gasteiger partial charge in [0.1, 0.15) is 11.6 Å². The van der Waals surface area contributed by atoms with Crippen LogP contribution < -0.4 is 14.4 Å². The molecule has 6 heteroatoms. The number of benzene rings is 2. The molecule has 0 saturated heterocycles.